The van der Waals surface area contributed by atoms with Gasteiger partial charge in [0.05, 0.1) is 0 Å². The molecule has 0 aromatic heterocycles. The highest BCUT2D eigenvalue weighted by Crippen LogP contribution is 2.50. The Labute approximate surface area is 188 Å². The third kappa shape index (κ3) is 4.80. The van der Waals surface area contributed by atoms with Gasteiger partial charge in [0.2, 0.25) is 0 Å². The molecule has 7 heteroatoms. The lowest BCUT2D eigenvalue weighted by atomic mass is 9.91. The maximum absolute atomic E-state index is 13.2. The predicted molar refractivity (Wildman–Crippen MR) is 121 cm³/mol. The van der Waals surface area contributed by atoms with Crippen LogP contribution in [0.15, 0.2) is 24.3 Å². The molecule has 3 rings (SSSR count). The summed E-state index contributed by atoms with van der Waals surface area (Å²) in [5.74, 6) is 0.0586. The molecule has 0 unspecified atom stereocenters. The molecular weight excluding hydrogens is 418 g/mol. The number of carbonyl (C=O) groups excluding carboxylic acids is 2. The summed E-state index contributed by atoms with van der Waals surface area (Å²) in [7, 11) is 0. The highest BCUT2D eigenvalue weighted by atomic mass is 35.5. The van der Waals surface area contributed by atoms with Crippen molar-refractivity contribution in [2.24, 2.45) is 5.92 Å². The third-order valence-electron chi connectivity index (χ3n) is 5.45. The van der Waals surface area contributed by atoms with Gasteiger partial charge in [-0.15, -0.1) is 0 Å². The molecule has 1 aliphatic heterocycles. The van der Waals surface area contributed by atoms with Gasteiger partial charge in [-0.1, -0.05) is 45.0 Å². The number of esters is 2. The van der Waals surface area contributed by atoms with Crippen molar-refractivity contribution in [3.05, 3.63) is 29.8 Å². The maximum Gasteiger partial charge on any atom is 0.330 e. The lowest BCUT2D eigenvalue weighted by Gasteiger charge is -2.35. The minimum absolute atomic E-state index is 0.0754. The molecule has 31 heavy (non-hydrogen) atoms. The first kappa shape index (κ1) is 23.4. The number of nitrogens with zero attached hydrogens (tertiary/aromatic N) is 1. The molecule has 0 radical (unpaired) electrons. The quantitative estimate of drug-likeness (QED) is 0.341. The number of ether oxygens (including phenoxy) is 3. The second kappa shape index (κ2) is 9.05. The van der Waals surface area contributed by atoms with Crippen LogP contribution in [0, 0.1) is 5.92 Å². The third-order valence-corrected chi connectivity index (χ3v) is 5.90. The van der Waals surface area contributed by atoms with E-state index in [4.69, 9.17) is 26.0 Å². The minimum atomic E-state index is -0.653. The Morgan fingerprint density at radius 1 is 1.16 bits per heavy atom. The van der Waals surface area contributed by atoms with E-state index in [9.17, 15) is 9.59 Å². The van der Waals surface area contributed by atoms with Gasteiger partial charge in [-0.05, 0) is 44.4 Å². The van der Waals surface area contributed by atoms with E-state index in [1.807, 2.05) is 58.9 Å². The van der Waals surface area contributed by atoms with Crippen LogP contribution < -0.4 is 14.2 Å². The van der Waals surface area contributed by atoms with E-state index in [-0.39, 0.29) is 23.0 Å². The lowest BCUT2D eigenvalue weighted by Crippen LogP contribution is -2.42. The van der Waals surface area contributed by atoms with E-state index in [1.165, 1.54) is 11.3 Å². The van der Waals surface area contributed by atoms with Crippen LogP contribution >= 0.6 is 11.8 Å². The Kier molecular flexibility index (Phi) is 6.82. The van der Waals surface area contributed by atoms with Gasteiger partial charge in [0.15, 0.2) is 11.5 Å². The molecule has 0 spiro atoms. The van der Waals surface area contributed by atoms with E-state index < -0.39 is 18.0 Å². The summed E-state index contributed by atoms with van der Waals surface area (Å²) in [4.78, 5) is 25.2. The van der Waals surface area contributed by atoms with Crippen molar-refractivity contribution in [3.8, 4) is 17.2 Å². The Morgan fingerprint density at radius 3 is 2.39 bits per heavy atom. The zero-order chi connectivity index (χ0) is 22.9. The number of benzene rings is 2. The van der Waals surface area contributed by atoms with Crippen LogP contribution in [0.2, 0.25) is 0 Å². The van der Waals surface area contributed by atoms with Gasteiger partial charge in [0.25, 0.3) is 0 Å². The lowest BCUT2D eigenvalue weighted by molar-refractivity contribution is -0.141. The molecule has 0 aliphatic carbocycles. The molecular formula is C24H30ClNO5. The van der Waals surface area contributed by atoms with E-state index in [2.05, 4.69) is 0 Å². The van der Waals surface area contributed by atoms with Crippen LogP contribution in [0.3, 0.4) is 0 Å². The Hall–Kier alpha value is -2.31. The highest BCUT2D eigenvalue weighted by molar-refractivity contribution is 6.15. The summed E-state index contributed by atoms with van der Waals surface area (Å²) < 4.78 is 19.3. The van der Waals surface area contributed by atoms with Gasteiger partial charge < -0.3 is 14.2 Å². The Balaban J connectivity index is 2.21. The topological polar surface area (TPSA) is 65.1 Å². The second-order valence-electron chi connectivity index (χ2n) is 8.79. The van der Waals surface area contributed by atoms with Gasteiger partial charge in [0, 0.05) is 29.8 Å². The Morgan fingerprint density at radius 2 is 1.81 bits per heavy atom. The molecule has 168 valence electrons. The normalized spacial score (nSPS) is 16.0. The Bertz CT molecular complexity index is 1000. The van der Waals surface area contributed by atoms with Crippen molar-refractivity contribution in [1.29, 1.82) is 0 Å². The van der Waals surface area contributed by atoms with Gasteiger partial charge in [-0.25, -0.2) is 9.21 Å². The number of likely N-dealkylation sites (N-methyl/N-ethyl adjacent to an activating group) is 1. The standard InChI is InChI=1S/C24H30ClNO5/c1-7-26(25)19(14(2)3)23(28)30-22-18-12-13-24(5,6)31-20(18)16-10-8-9-11-17(16)21(22)29-15(4)27/h8-11,14,19H,7,12-13H2,1-6H3/t19-/m1/s1. The SMILES string of the molecule is CCN(Cl)[C@@H](C(=O)Oc1c2c(c3ccccc3c1OC(C)=O)OC(C)(C)CC2)C(C)C. The molecule has 1 atom stereocenters. The first-order valence-corrected chi connectivity index (χ1v) is 11.0. The first-order valence-electron chi connectivity index (χ1n) is 10.6. The fourth-order valence-corrected chi connectivity index (χ4v) is 4.23. The van der Waals surface area contributed by atoms with Gasteiger partial charge in [0.1, 0.15) is 17.4 Å². The molecule has 0 saturated carbocycles. The average molecular weight is 448 g/mol. The first-order chi connectivity index (χ1) is 14.6. The second-order valence-corrected chi connectivity index (χ2v) is 9.23. The largest absolute Gasteiger partial charge is 0.487 e. The number of hydrogen-bond donors (Lipinski definition) is 0. The van der Waals surface area contributed by atoms with Crippen molar-refractivity contribution in [2.75, 3.05) is 6.54 Å². The van der Waals surface area contributed by atoms with Gasteiger partial charge in [-0.2, -0.15) is 0 Å². The highest BCUT2D eigenvalue weighted by Gasteiger charge is 2.36. The summed E-state index contributed by atoms with van der Waals surface area (Å²) in [6, 6.07) is 6.84. The summed E-state index contributed by atoms with van der Waals surface area (Å²) in [6.07, 6.45) is 1.35. The number of hydrogen-bond acceptors (Lipinski definition) is 6. The summed E-state index contributed by atoms with van der Waals surface area (Å²) in [5.41, 5.74) is 0.359. The molecule has 0 amide bonds. The molecule has 1 heterocycles. The van der Waals surface area contributed by atoms with Crippen LogP contribution in [0.5, 0.6) is 17.2 Å². The van der Waals surface area contributed by atoms with Crippen molar-refractivity contribution < 1.29 is 23.8 Å². The fourth-order valence-electron chi connectivity index (χ4n) is 3.92. The van der Waals surface area contributed by atoms with E-state index in [0.717, 1.165) is 17.4 Å². The molecule has 2 aromatic carbocycles. The minimum Gasteiger partial charge on any atom is -0.487 e. The molecule has 0 bridgehead atoms. The van der Waals surface area contributed by atoms with Crippen LogP contribution in [-0.2, 0) is 16.0 Å². The number of carbonyl (C=O) groups is 2. The van der Waals surface area contributed by atoms with Gasteiger partial charge in [-0.3, -0.25) is 4.79 Å². The van der Waals surface area contributed by atoms with Crippen molar-refractivity contribution in [1.82, 2.24) is 4.42 Å². The monoisotopic (exact) mass is 447 g/mol. The van der Waals surface area contributed by atoms with Crippen LogP contribution in [0.1, 0.15) is 53.5 Å². The van der Waals surface area contributed by atoms with E-state index in [1.54, 1.807) is 0 Å². The average Bonchev–Trinajstić information content (AvgIpc) is 2.69. The number of halogens is 1. The zero-order valence-electron chi connectivity index (χ0n) is 19.0. The number of fused-ring (bicyclic) bond motifs is 3. The van der Waals surface area contributed by atoms with Crippen LogP contribution in [-0.4, -0.2) is 34.5 Å². The molecule has 1 aliphatic rings. The fraction of sp³-hybridized carbons (Fsp3) is 0.500. The van der Waals surface area contributed by atoms with Crippen molar-refractivity contribution in [2.45, 2.75) is 66.0 Å². The predicted octanol–water partition coefficient (Wildman–Crippen LogP) is 5.27. The van der Waals surface area contributed by atoms with Crippen molar-refractivity contribution in [3.63, 3.8) is 0 Å². The zero-order valence-corrected chi connectivity index (χ0v) is 19.7. The molecule has 6 nitrogen and oxygen atoms in total. The smallest absolute Gasteiger partial charge is 0.330 e. The molecule has 0 saturated heterocycles. The molecule has 0 N–H and O–H groups in total. The van der Waals surface area contributed by atoms with Crippen LogP contribution in [0.4, 0.5) is 0 Å². The van der Waals surface area contributed by atoms with Crippen LogP contribution in [0.25, 0.3) is 10.8 Å². The van der Waals surface area contributed by atoms with E-state index >= 15 is 0 Å². The van der Waals surface area contributed by atoms with E-state index in [0.29, 0.717) is 24.1 Å². The maximum atomic E-state index is 13.2. The molecule has 0 fully saturated rings. The van der Waals surface area contributed by atoms with Crippen molar-refractivity contribution >= 4 is 34.5 Å². The summed E-state index contributed by atoms with van der Waals surface area (Å²) >= 11 is 6.31. The summed E-state index contributed by atoms with van der Waals surface area (Å²) in [6.45, 7) is 11.5. The number of rotatable bonds is 6. The van der Waals surface area contributed by atoms with Gasteiger partial charge >= 0.3 is 11.9 Å². The summed E-state index contributed by atoms with van der Waals surface area (Å²) in [5, 5.41) is 1.46. The molecule has 2 aromatic rings.